The summed E-state index contributed by atoms with van der Waals surface area (Å²) >= 11 is 0. The predicted molar refractivity (Wildman–Crippen MR) is 107 cm³/mol. The highest BCUT2D eigenvalue weighted by Gasteiger charge is 2.27. The molecular formula is C19H21N5O4S. The molecule has 1 saturated heterocycles. The summed E-state index contributed by atoms with van der Waals surface area (Å²) in [5.74, 6) is -0.468. The largest absolute Gasteiger partial charge is 0.493 e. The molecule has 29 heavy (non-hydrogen) atoms. The minimum Gasteiger partial charge on any atom is -0.493 e. The van der Waals surface area contributed by atoms with Crippen LogP contribution in [0.1, 0.15) is 23.2 Å². The van der Waals surface area contributed by atoms with E-state index in [9.17, 15) is 18.3 Å². The summed E-state index contributed by atoms with van der Waals surface area (Å²) in [6, 6.07) is 10.7. The first-order valence-electron chi connectivity index (χ1n) is 9.22. The smallest absolute Gasteiger partial charge is 0.256 e. The zero-order chi connectivity index (χ0) is 20.6. The van der Waals surface area contributed by atoms with E-state index in [0.717, 1.165) is 5.56 Å². The second-order valence-electron chi connectivity index (χ2n) is 7.07. The number of fused-ring (bicyclic) bond motifs is 1. The van der Waals surface area contributed by atoms with Crippen molar-refractivity contribution in [2.24, 2.45) is 0 Å². The Labute approximate surface area is 168 Å². The molecule has 4 rings (SSSR count). The number of benzene rings is 1. The number of aromatic hydroxyl groups is 1. The standard InChI is InChI=1S/C19H21N5O4S/c1-29(27,28)23-9-7-14(8-10-23)21-19(26)15-12-20-24-17(25)11-16(22-18(15)24)13-5-3-2-4-6-13/h2-6,11-12,14,25H,7-10H2,1H3,(H,21,26). The van der Waals surface area contributed by atoms with Gasteiger partial charge in [-0.1, -0.05) is 30.3 Å². The van der Waals surface area contributed by atoms with Gasteiger partial charge in [-0.3, -0.25) is 4.79 Å². The van der Waals surface area contributed by atoms with Gasteiger partial charge in [0, 0.05) is 30.8 Å². The molecule has 1 aromatic carbocycles. The quantitative estimate of drug-likeness (QED) is 0.662. The van der Waals surface area contributed by atoms with Crippen molar-refractivity contribution in [2.45, 2.75) is 18.9 Å². The molecular weight excluding hydrogens is 394 g/mol. The predicted octanol–water partition coefficient (Wildman–Crippen LogP) is 1.26. The van der Waals surface area contributed by atoms with Gasteiger partial charge in [0.2, 0.25) is 15.9 Å². The molecule has 0 spiro atoms. The molecule has 3 aromatic rings. The highest BCUT2D eigenvalue weighted by molar-refractivity contribution is 7.88. The summed E-state index contributed by atoms with van der Waals surface area (Å²) in [5.41, 5.74) is 1.86. The number of amides is 1. The summed E-state index contributed by atoms with van der Waals surface area (Å²) in [6.45, 7) is 0.742. The lowest BCUT2D eigenvalue weighted by Crippen LogP contribution is -2.46. The van der Waals surface area contributed by atoms with Gasteiger partial charge >= 0.3 is 0 Å². The van der Waals surface area contributed by atoms with Gasteiger partial charge in [0.15, 0.2) is 5.65 Å². The molecule has 1 amide bonds. The van der Waals surface area contributed by atoms with E-state index in [4.69, 9.17) is 0 Å². The Hall–Kier alpha value is -2.98. The van der Waals surface area contributed by atoms with E-state index in [0.29, 0.717) is 31.6 Å². The summed E-state index contributed by atoms with van der Waals surface area (Å²) in [5, 5.41) is 17.3. The third kappa shape index (κ3) is 3.94. The van der Waals surface area contributed by atoms with Crippen LogP contribution in [0.4, 0.5) is 0 Å². The van der Waals surface area contributed by atoms with Gasteiger partial charge in [0.05, 0.1) is 18.1 Å². The fourth-order valence-electron chi connectivity index (χ4n) is 3.46. The lowest BCUT2D eigenvalue weighted by Gasteiger charge is -2.30. The van der Waals surface area contributed by atoms with Crippen LogP contribution in [0.25, 0.3) is 16.9 Å². The van der Waals surface area contributed by atoms with Gasteiger partial charge < -0.3 is 10.4 Å². The van der Waals surface area contributed by atoms with Crippen molar-refractivity contribution in [1.82, 2.24) is 24.2 Å². The van der Waals surface area contributed by atoms with Crippen molar-refractivity contribution < 1.29 is 18.3 Å². The summed E-state index contributed by atoms with van der Waals surface area (Å²) in [6.07, 6.45) is 3.63. The number of carbonyl (C=O) groups is 1. The first kappa shape index (κ1) is 19.3. The molecule has 0 atom stereocenters. The Morgan fingerprint density at radius 2 is 1.90 bits per heavy atom. The van der Waals surface area contributed by atoms with E-state index in [1.807, 2.05) is 30.3 Å². The Morgan fingerprint density at radius 3 is 2.55 bits per heavy atom. The number of rotatable bonds is 4. The molecule has 9 nitrogen and oxygen atoms in total. The molecule has 0 unspecified atom stereocenters. The zero-order valence-electron chi connectivity index (χ0n) is 15.8. The van der Waals surface area contributed by atoms with Gasteiger partial charge in [-0.15, -0.1) is 0 Å². The zero-order valence-corrected chi connectivity index (χ0v) is 16.6. The lowest BCUT2D eigenvalue weighted by atomic mass is 10.1. The SMILES string of the molecule is CS(=O)(=O)N1CCC(NC(=O)c2cnn3c(O)cc(-c4ccccc4)nc23)CC1. The number of aromatic nitrogens is 3. The normalized spacial score (nSPS) is 16.2. The monoisotopic (exact) mass is 415 g/mol. The molecule has 0 saturated carbocycles. The van der Waals surface area contributed by atoms with Crippen LogP contribution in [0.15, 0.2) is 42.6 Å². The first-order chi connectivity index (χ1) is 13.8. The van der Waals surface area contributed by atoms with E-state index in [1.165, 1.54) is 27.3 Å². The third-order valence-corrected chi connectivity index (χ3v) is 6.33. The van der Waals surface area contributed by atoms with Crippen LogP contribution in [-0.4, -0.2) is 63.7 Å². The second-order valence-corrected chi connectivity index (χ2v) is 9.05. The summed E-state index contributed by atoms with van der Waals surface area (Å²) < 4.78 is 25.9. The van der Waals surface area contributed by atoms with Crippen LogP contribution in [0.5, 0.6) is 5.88 Å². The molecule has 2 N–H and O–H groups in total. The van der Waals surface area contributed by atoms with E-state index in [2.05, 4.69) is 15.4 Å². The van der Waals surface area contributed by atoms with E-state index in [1.54, 1.807) is 0 Å². The maximum atomic E-state index is 12.8. The number of hydrogen-bond acceptors (Lipinski definition) is 6. The topological polar surface area (TPSA) is 117 Å². The van der Waals surface area contributed by atoms with Crippen LogP contribution in [0, 0.1) is 0 Å². The number of nitrogens with one attached hydrogen (secondary N) is 1. The van der Waals surface area contributed by atoms with Crippen molar-refractivity contribution in [3.8, 4) is 17.1 Å². The fraction of sp³-hybridized carbons (Fsp3) is 0.316. The van der Waals surface area contributed by atoms with Crippen molar-refractivity contribution >= 4 is 21.6 Å². The summed E-state index contributed by atoms with van der Waals surface area (Å²) in [4.78, 5) is 17.3. The van der Waals surface area contributed by atoms with E-state index in [-0.39, 0.29) is 29.0 Å². The van der Waals surface area contributed by atoms with Crippen LogP contribution in [0.2, 0.25) is 0 Å². The molecule has 1 fully saturated rings. The minimum absolute atomic E-state index is 0.116. The number of nitrogens with zero attached hydrogens (tertiary/aromatic N) is 4. The number of hydrogen-bond donors (Lipinski definition) is 2. The third-order valence-electron chi connectivity index (χ3n) is 5.03. The molecule has 10 heteroatoms. The Kier molecular flexibility index (Phi) is 4.97. The maximum absolute atomic E-state index is 12.8. The first-order valence-corrected chi connectivity index (χ1v) is 11.1. The molecule has 2 aromatic heterocycles. The van der Waals surface area contributed by atoms with Crippen molar-refractivity contribution in [1.29, 1.82) is 0 Å². The van der Waals surface area contributed by atoms with Gasteiger partial charge in [-0.2, -0.15) is 9.61 Å². The molecule has 1 aliphatic heterocycles. The van der Waals surface area contributed by atoms with E-state index < -0.39 is 10.0 Å². The molecule has 3 heterocycles. The number of sulfonamides is 1. The highest BCUT2D eigenvalue weighted by Crippen LogP contribution is 2.24. The molecule has 0 bridgehead atoms. The van der Waals surface area contributed by atoms with Crippen molar-refractivity contribution in [3.63, 3.8) is 0 Å². The highest BCUT2D eigenvalue weighted by atomic mass is 32.2. The van der Waals surface area contributed by atoms with Crippen LogP contribution in [-0.2, 0) is 10.0 Å². The Balaban J connectivity index is 1.56. The second kappa shape index (κ2) is 7.45. The van der Waals surface area contributed by atoms with Crippen LogP contribution < -0.4 is 5.32 Å². The number of carbonyl (C=O) groups excluding carboxylic acids is 1. The average Bonchev–Trinajstić information content (AvgIpc) is 3.13. The maximum Gasteiger partial charge on any atom is 0.256 e. The van der Waals surface area contributed by atoms with Crippen LogP contribution >= 0.6 is 0 Å². The minimum atomic E-state index is -3.22. The fourth-order valence-corrected chi connectivity index (χ4v) is 4.33. The molecule has 0 radical (unpaired) electrons. The van der Waals surface area contributed by atoms with Crippen molar-refractivity contribution in [2.75, 3.05) is 19.3 Å². The molecule has 0 aliphatic carbocycles. The van der Waals surface area contributed by atoms with Crippen LogP contribution in [0.3, 0.4) is 0 Å². The van der Waals surface area contributed by atoms with Gasteiger partial charge in [0.1, 0.15) is 5.56 Å². The van der Waals surface area contributed by atoms with Gasteiger partial charge in [0.25, 0.3) is 5.91 Å². The summed E-state index contributed by atoms with van der Waals surface area (Å²) in [7, 11) is -3.22. The Bertz CT molecular complexity index is 1150. The Morgan fingerprint density at radius 1 is 1.21 bits per heavy atom. The average molecular weight is 415 g/mol. The van der Waals surface area contributed by atoms with Gasteiger partial charge in [-0.05, 0) is 12.8 Å². The lowest BCUT2D eigenvalue weighted by molar-refractivity contribution is 0.0925. The molecule has 152 valence electrons. The van der Waals surface area contributed by atoms with E-state index >= 15 is 0 Å². The molecule has 1 aliphatic rings. The number of piperidine rings is 1. The van der Waals surface area contributed by atoms with Crippen molar-refractivity contribution in [3.05, 3.63) is 48.2 Å². The van der Waals surface area contributed by atoms with Gasteiger partial charge in [-0.25, -0.2) is 17.7 Å².